The largest absolute Gasteiger partial charge is 0.496 e. The highest BCUT2D eigenvalue weighted by atomic mass is 16.5. The van der Waals surface area contributed by atoms with E-state index in [9.17, 15) is 4.79 Å². The predicted molar refractivity (Wildman–Crippen MR) is 94.0 cm³/mol. The summed E-state index contributed by atoms with van der Waals surface area (Å²) in [5.41, 5.74) is 1.87. The fraction of sp³-hybridized carbons (Fsp3) is 0.444. The number of pyridine rings is 1. The van der Waals surface area contributed by atoms with Gasteiger partial charge in [-0.2, -0.15) is 0 Å². The minimum absolute atomic E-state index is 0.0139. The Morgan fingerprint density at radius 3 is 2.67 bits per heavy atom. The minimum Gasteiger partial charge on any atom is -0.496 e. The van der Waals surface area contributed by atoms with Crippen LogP contribution in [0.2, 0.25) is 0 Å². The second-order valence-electron chi connectivity index (χ2n) is 6.04. The van der Waals surface area contributed by atoms with E-state index in [1.54, 1.807) is 21.3 Å². The van der Waals surface area contributed by atoms with Gasteiger partial charge < -0.3 is 19.7 Å². The maximum atomic E-state index is 11.9. The molecule has 2 heterocycles. The Hall–Kier alpha value is -2.50. The zero-order valence-electron chi connectivity index (χ0n) is 14.5. The molecule has 2 aromatic rings. The molecule has 1 aromatic carbocycles. The number of anilines is 1. The number of aromatic nitrogens is 1. The molecule has 1 aliphatic rings. The number of ether oxygens (including phenoxy) is 2. The van der Waals surface area contributed by atoms with Gasteiger partial charge in [0.1, 0.15) is 22.8 Å². The smallest absolute Gasteiger partial charge is 0.224 e. The fourth-order valence-corrected chi connectivity index (χ4v) is 3.34. The van der Waals surface area contributed by atoms with Crippen LogP contribution in [0.25, 0.3) is 10.9 Å². The van der Waals surface area contributed by atoms with Gasteiger partial charge in [0.2, 0.25) is 5.91 Å². The van der Waals surface area contributed by atoms with Crippen molar-refractivity contribution in [3.05, 3.63) is 23.8 Å². The van der Waals surface area contributed by atoms with Crippen molar-refractivity contribution in [2.24, 2.45) is 5.92 Å². The van der Waals surface area contributed by atoms with Crippen LogP contribution in [0.1, 0.15) is 12.0 Å². The normalized spacial score (nSPS) is 17.2. The Labute approximate surface area is 141 Å². The number of hydrogen-bond donors (Lipinski definition) is 1. The first-order chi connectivity index (χ1) is 11.6. The monoisotopic (exact) mass is 329 g/mol. The van der Waals surface area contributed by atoms with Crippen LogP contribution in [-0.4, -0.2) is 45.2 Å². The SMILES string of the molecule is CNC(=O)[C@H]1CCN(c2cc(C)c3c(OC)ccc(OC)c3n2)C1. The topological polar surface area (TPSA) is 63.7 Å². The van der Waals surface area contributed by atoms with Gasteiger partial charge in [-0.1, -0.05) is 0 Å². The highest BCUT2D eigenvalue weighted by Gasteiger charge is 2.29. The first-order valence-corrected chi connectivity index (χ1v) is 8.08. The lowest BCUT2D eigenvalue weighted by Crippen LogP contribution is -2.30. The van der Waals surface area contributed by atoms with E-state index in [1.807, 2.05) is 19.1 Å². The number of hydrogen-bond acceptors (Lipinski definition) is 5. The number of carbonyl (C=O) groups excluding carboxylic acids is 1. The van der Waals surface area contributed by atoms with Crippen molar-refractivity contribution in [2.75, 3.05) is 39.3 Å². The first kappa shape index (κ1) is 16.4. The average Bonchev–Trinajstić information content (AvgIpc) is 3.10. The zero-order valence-corrected chi connectivity index (χ0v) is 14.5. The zero-order chi connectivity index (χ0) is 17.3. The Morgan fingerprint density at radius 1 is 1.29 bits per heavy atom. The summed E-state index contributed by atoms with van der Waals surface area (Å²) in [5, 5.41) is 3.69. The van der Waals surface area contributed by atoms with E-state index in [0.29, 0.717) is 6.54 Å². The summed E-state index contributed by atoms with van der Waals surface area (Å²) < 4.78 is 10.9. The maximum Gasteiger partial charge on any atom is 0.224 e. The van der Waals surface area contributed by atoms with Gasteiger partial charge in [-0.15, -0.1) is 0 Å². The van der Waals surface area contributed by atoms with Gasteiger partial charge in [0.15, 0.2) is 0 Å². The van der Waals surface area contributed by atoms with Gasteiger partial charge in [-0.25, -0.2) is 4.98 Å². The molecule has 0 aliphatic carbocycles. The van der Waals surface area contributed by atoms with Gasteiger partial charge in [0, 0.05) is 25.5 Å². The highest BCUT2D eigenvalue weighted by molar-refractivity contribution is 5.94. The first-order valence-electron chi connectivity index (χ1n) is 8.08. The summed E-state index contributed by atoms with van der Waals surface area (Å²) in [6.45, 7) is 3.55. The third-order valence-electron chi connectivity index (χ3n) is 4.64. The van der Waals surface area contributed by atoms with Gasteiger partial charge >= 0.3 is 0 Å². The summed E-state index contributed by atoms with van der Waals surface area (Å²) in [4.78, 5) is 18.8. The number of nitrogens with zero attached hydrogens (tertiary/aromatic N) is 2. The Balaban J connectivity index is 2.03. The molecule has 0 radical (unpaired) electrons. The molecule has 1 saturated heterocycles. The van der Waals surface area contributed by atoms with Crippen LogP contribution in [0.3, 0.4) is 0 Å². The lowest BCUT2D eigenvalue weighted by Gasteiger charge is -2.20. The molecule has 1 fully saturated rings. The summed E-state index contributed by atoms with van der Waals surface area (Å²) in [5.74, 6) is 2.48. The fourth-order valence-electron chi connectivity index (χ4n) is 3.34. The molecule has 1 atom stereocenters. The molecular weight excluding hydrogens is 306 g/mol. The summed E-state index contributed by atoms with van der Waals surface area (Å²) in [6.07, 6.45) is 0.841. The number of amides is 1. The standard InChI is InChI=1S/C18H23N3O3/c1-11-9-15(21-8-7-12(10-21)18(22)19-2)20-17-14(24-4)6-5-13(23-3)16(11)17/h5-6,9,12H,7-8,10H2,1-4H3,(H,19,22)/t12-/m0/s1. The van der Waals surface area contributed by atoms with Crippen molar-refractivity contribution < 1.29 is 14.3 Å². The number of carbonyl (C=O) groups is 1. The van der Waals surface area contributed by atoms with Gasteiger partial charge in [-0.3, -0.25) is 4.79 Å². The van der Waals surface area contributed by atoms with E-state index >= 15 is 0 Å². The molecule has 1 aromatic heterocycles. The molecule has 3 rings (SSSR count). The number of aryl methyl sites for hydroxylation is 1. The molecule has 0 saturated carbocycles. The van der Waals surface area contributed by atoms with E-state index < -0.39 is 0 Å². The molecule has 0 bridgehead atoms. The lowest BCUT2D eigenvalue weighted by atomic mass is 10.1. The van der Waals surface area contributed by atoms with Crippen LogP contribution in [-0.2, 0) is 4.79 Å². The highest BCUT2D eigenvalue weighted by Crippen LogP contribution is 2.36. The molecule has 0 spiro atoms. The van der Waals surface area contributed by atoms with E-state index in [1.165, 1.54) is 0 Å². The molecule has 24 heavy (non-hydrogen) atoms. The van der Waals surface area contributed by atoms with Crippen LogP contribution in [0.4, 0.5) is 5.82 Å². The van der Waals surface area contributed by atoms with Crippen LogP contribution < -0.4 is 19.7 Å². The van der Waals surface area contributed by atoms with Crippen LogP contribution in [0.15, 0.2) is 18.2 Å². The maximum absolute atomic E-state index is 11.9. The van der Waals surface area contributed by atoms with Crippen molar-refractivity contribution in [1.29, 1.82) is 0 Å². The molecule has 1 aliphatic heterocycles. The minimum atomic E-state index is 0.0139. The molecule has 0 unspecified atom stereocenters. The van der Waals surface area contributed by atoms with Crippen molar-refractivity contribution in [2.45, 2.75) is 13.3 Å². The summed E-state index contributed by atoms with van der Waals surface area (Å²) >= 11 is 0. The lowest BCUT2D eigenvalue weighted by molar-refractivity contribution is -0.123. The van der Waals surface area contributed by atoms with E-state index in [-0.39, 0.29) is 11.8 Å². The second-order valence-corrected chi connectivity index (χ2v) is 6.04. The van der Waals surface area contributed by atoms with Gasteiger partial charge in [-0.05, 0) is 37.1 Å². The van der Waals surface area contributed by atoms with Crippen molar-refractivity contribution in [3.63, 3.8) is 0 Å². The van der Waals surface area contributed by atoms with E-state index in [2.05, 4.69) is 16.3 Å². The predicted octanol–water partition coefficient (Wildman–Crippen LogP) is 2.13. The molecule has 128 valence electrons. The quantitative estimate of drug-likeness (QED) is 0.931. The molecule has 1 N–H and O–H groups in total. The number of nitrogens with one attached hydrogen (secondary N) is 1. The number of benzene rings is 1. The van der Waals surface area contributed by atoms with Crippen molar-refractivity contribution in [1.82, 2.24) is 10.3 Å². The summed E-state index contributed by atoms with van der Waals surface area (Å²) in [6, 6.07) is 5.82. The molecule has 6 heteroatoms. The van der Waals surface area contributed by atoms with Crippen LogP contribution in [0, 0.1) is 12.8 Å². The molecule has 1 amide bonds. The Bertz CT molecular complexity index is 776. The van der Waals surface area contributed by atoms with Crippen molar-refractivity contribution in [3.8, 4) is 11.5 Å². The van der Waals surface area contributed by atoms with Crippen LogP contribution in [0.5, 0.6) is 11.5 Å². The van der Waals surface area contributed by atoms with E-state index in [0.717, 1.165) is 46.7 Å². The Morgan fingerprint density at radius 2 is 2.00 bits per heavy atom. The summed E-state index contributed by atoms with van der Waals surface area (Å²) in [7, 11) is 4.98. The number of rotatable bonds is 4. The van der Waals surface area contributed by atoms with Crippen LogP contribution >= 0.6 is 0 Å². The Kier molecular flexibility index (Phi) is 4.46. The third kappa shape index (κ3) is 2.72. The molecular formula is C18H23N3O3. The number of methoxy groups -OCH3 is 2. The third-order valence-corrected chi connectivity index (χ3v) is 4.64. The van der Waals surface area contributed by atoms with Crippen molar-refractivity contribution >= 4 is 22.6 Å². The van der Waals surface area contributed by atoms with Gasteiger partial charge in [0.25, 0.3) is 0 Å². The molecule has 6 nitrogen and oxygen atoms in total. The second kappa shape index (κ2) is 6.55. The van der Waals surface area contributed by atoms with E-state index in [4.69, 9.17) is 14.5 Å². The average molecular weight is 329 g/mol. The van der Waals surface area contributed by atoms with Gasteiger partial charge in [0.05, 0.1) is 20.1 Å². The number of fused-ring (bicyclic) bond motifs is 1.